The van der Waals surface area contributed by atoms with Crippen molar-refractivity contribution in [2.45, 2.75) is 52.6 Å². The maximum atomic E-state index is 13.3. The third-order valence-corrected chi connectivity index (χ3v) is 6.48. The van der Waals surface area contributed by atoms with Crippen LogP contribution in [0.3, 0.4) is 0 Å². The van der Waals surface area contributed by atoms with E-state index >= 15 is 0 Å². The fourth-order valence-corrected chi connectivity index (χ4v) is 4.33. The molecule has 0 bridgehead atoms. The van der Waals surface area contributed by atoms with E-state index in [1.165, 1.54) is 20.0 Å². The van der Waals surface area contributed by atoms with E-state index in [1.54, 1.807) is 68.5 Å². The summed E-state index contributed by atoms with van der Waals surface area (Å²) in [5.41, 5.74) is 0.650. The van der Waals surface area contributed by atoms with Crippen LogP contribution in [0.15, 0.2) is 66.8 Å². The normalized spacial score (nSPS) is 19.3. The molecule has 1 aromatic rings. The van der Waals surface area contributed by atoms with Crippen molar-refractivity contribution in [2.24, 2.45) is 17.8 Å². The minimum Gasteiger partial charge on any atom is -0.348 e. The first kappa shape index (κ1) is 31.1. The summed E-state index contributed by atoms with van der Waals surface area (Å²) in [5, 5.41) is 5.45. The van der Waals surface area contributed by atoms with Gasteiger partial charge in [-0.3, -0.25) is 33.7 Å². The quantitative estimate of drug-likeness (QED) is 0.173. The SMILES string of the molecule is C/C=C/C=C/C=C/C(=O)CC(=O)N[C@@H](CC(=O)N[C@H](C(=O)[C@@H]1C(=O)N(C)C(=O)[C@H]1C)C(C)C)c1ccccc1. The van der Waals surface area contributed by atoms with E-state index in [-0.39, 0.29) is 12.3 Å². The molecule has 1 aliphatic heterocycles. The van der Waals surface area contributed by atoms with Gasteiger partial charge in [-0.05, 0) is 24.5 Å². The predicted molar refractivity (Wildman–Crippen MR) is 147 cm³/mol. The number of carbonyl (C=O) groups is 6. The number of Topliss-reactive ketones (excluding diaryl/α,β-unsaturated/α-hetero) is 1. The van der Waals surface area contributed by atoms with E-state index in [1.807, 2.05) is 13.0 Å². The van der Waals surface area contributed by atoms with Crippen LogP contribution in [0.25, 0.3) is 0 Å². The van der Waals surface area contributed by atoms with Gasteiger partial charge < -0.3 is 10.6 Å². The molecule has 1 heterocycles. The van der Waals surface area contributed by atoms with Gasteiger partial charge in [0.25, 0.3) is 0 Å². The van der Waals surface area contributed by atoms with Crippen molar-refractivity contribution in [3.8, 4) is 0 Å². The van der Waals surface area contributed by atoms with Crippen LogP contribution in [0.2, 0.25) is 0 Å². The maximum absolute atomic E-state index is 13.3. The van der Waals surface area contributed by atoms with E-state index in [4.69, 9.17) is 0 Å². The zero-order chi connectivity index (χ0) is 29.1. The molecule has 4 atom stereocenters. The Balaban J connectivity index is 2.13. The summed E-state index contributed by atoms with van der Waals surface area (Å²) in [6.45, 7) is 6.87. The first-order valence-electron chi connectivity index (χ1n) is 13.0. The van der Waals surface area contributed by atoms with Gasteiger partial charge in [0.05, 0.1) is 30.8 Å². The monoisotopic (exact) mass is 535 g/mol. The molecule has 4 amide bonds. The number of benzene rings is 1. The highest BCUT2D eigenvalue weighted by atomic mass is 16.2. The molecule has 2 rings (SSSR count). The van der Waals surface area contributed by atoms with Crippen molar-refractivity contribution >= 4 is 35.2 Å². The zero-order valence-corrected chi connectivity index (χ0v) is 23.0. The molecule has 1 aromatic carbocycles. The minimum atomic E-state index is -1.16. The van der Waals surface area contributed by atoms with Gasteiger partial charge in [-0.1, -0.05) is 81.5 Å². The predicted octanol–water partition coefficient (Wildman–Crippen LogP) is 2.84. The van der Waals surface area contributed by atoms with E-state index in [0.717, 1.165) is 4.90 Å². The summed E-state index contributed by atoms with van der Waals surface area (Å²) in [4.78, 5) is 76.9. The second-order valence-corrected chi connectivity index (χ2v) is 9.84. The van der Waals surface area contributed by atoms with Crippen LogP contribution in [0.1, 0.15) is 52.1 Å². The van der Waals surface area contributed by atoms with Crippen molar-refractivity contribution in [1.82, 2.24) is 15.5 Å². The Morgan fingerprint density at radius 3 is 2.13 bits per heavy atom. The molecule has 0 unspecified atom stereocenters. The smallest absolute Gasteiger partial charge is 0.240 e. The molecule has 2 N–H and O–H groups in total. The van der Waals surface area contributed by atoms with Crippen molar-refractivity contribution in [3.05, 3.63) is 72.4 Å². The fraction of sp³-hybridized carbons (Fsp3) is 0.400. The van der Waals surface area contributed by atoms with Gasteiger partial charge in [0.2, 0.25) is 23.6 Å². The van der Waals surface area contributed by atoms with E-state index in [2.05, 4.69) is 10.6 Å². The van der Waals surface area contributed by atoms with Crippen LogP contribution < -0.4 is 10.6 Å². The van der Waals surface area contributed by atoms with Gasteiger partial charge in [-0.15, -0.1) is 0 Å². The largest absolute Gasteiger partial charge is 0.348 e. The van der Waals surface area contributed by atoms with Crippen LogP contribution in [0.5, 0.6) is 0 Å². The number of ketones is 2. The molecular weight excluding hydrogens is 498 g/mol. The Labute approximate surface area is 229 Å². The molecule has 0 aliphatic carbocycles. The number of hydrogen-bond acceptors (Lipinski definition) is 6. The lowest BCUT2D eigenvalue weighted by Crippen LogP contribution is -2.49. The van der Waals surface area contributed by atoms with Crippen LogP contribution in [0.4, 0.5) is 0 Å². The Morgan fingerprint density at radius 2 is 1.56 bits per heavy atom. The van der Waals surface area contributed by atoms with E-state index < -0.39 is 65.5 Å². The van der Waals surface area contributed by atoms with Gasteiger partial charge in [0.15, 0.2) is 11.6 Å². The molecule has 0 saturated carbocycles. The average Bonchev–Trinajstić information content (AvgIpc) is 3.08. The second-order valence-electron chi connectivity index (χ2n) is 9.84. The number of amides is 4. The van der Waals surface area contributed by atoms with Crippen molar-refractivity contribution in [1.29, 1.82) is 0 Å². The lowest BCUT2D eigenvalue weighted by Gasteiger charge is -2.26. The molecular formula is C30H37N3O6. The Kier molecular flexibility index (Phi) is 11.7. The number of nitrogens with zero attached hydrogens (tertiary/aromatic N) is 1. The van der Waals surface area contributed by atoms with Crippen molar-refractivity contribution < 1.29 is 28.8 Å². The highest BCUT2D eigenvalue weighted by Crippen LogP contribution is 2.28. The molecule has 1 fully saturated rings. The van der Waals surface area contributed by atoms with Gasteiger partial charge in [-0.2, -0.15) is 0 Å². The summed E-state index contributed by atoms with van der Waals surface area (Å²) in [6, 6.07) is 7.06. The van der Waals surface area contributed by atoms with Crippen molar-refractivity contribution in [3.63, 3.8) is 0 Å². The highest BCUT2D eigenvalue weighted by Gasteiger charge is 2.49. The minimum absolute atomic E-state index is 0.199. The summed E-state index contributed by atoms with van der Waals surface area (Å²) < 4.78 is 0. The number of imide groups is 1. The number of rotatable bonds is 13. The highest BCUT2D eigenvalue weighted by molar-refractivity contribution is 6.16. The Morgan fingerprint density at radius 1 is 0.923 bits per heavy atom. The Hall–Kier alpha value is -4.14. The summed E-state index contributed by atoms with van der Waals surface area (Å²) >= 11 is 0. The lowest BCUT2D eigenvalue weighted by molar-refractivity contribution is -0.141. The second kappa shape index (κ2) is 14.7. The van der Waals surface area contributed by atoms with Crippen LogP contribution in [0, 0.1) is 17.8 Å². The van der Waals surface area contributed by atoms with Gasteiger partial charge >= 0.3 is 0 Å². The molecule has 9 heteroatoms. The maximum Gasteiger partial charge on any atom is 0.240 e. The van der Waals surface area contributed by atoms with Crippen molar-refractivity contribution in [2.75, 3.05) is 7.05 Å². The first-order chi connectivity index (χ1) is 18.5. The Bertz CT molecular complexity index is 1170. The summed E-state index contributed by atoms with van der Waals surface area (Å²) in [7, 11) is 1.34. The zero-order valence-electron chi connectivity index (χ0n) is 23.0. The molecule has 208 valence electrons. The lowest BCUT2D eigenvalue weighted by atomic mass is 9.85. The number of likely N-dealkylation sites (tertiary alicyclic amines) is 1. The van der Waals surface area contributed by atoms with Crippen LogP contribution in [-0.2, 0) is 28.8 Å². The fourth-order valence-electron chi connectivity index (χ4n) is 4.33. The molecule has 0 radical (unpaired) electrons. The van der Waals surface area contributed by atoms with Gasteiger partial charge in [0, 0.05) is 7.05 Å². The number of carbonyl (C=O) groups excluding carboxylic acids is 6. The third kappa shape index (κ3) is 8.70. The van der Waals surface area contributed by atoms with E-state index in [9.17, 15) is 28.8 Å². The summed E-state index contributed by atoms with van der Waals surface area (Å²) in [6.07, 6.45) is 9.32. The molecule has 1 saturated heterocycles. The van der Waals surface area contributed by atoms with Gasteiger partial charge in [0.1, 0.15) is 5.92 Å². The van der Waals surface area contributed by atoms with E-state index in [0.29, 0.717) is 5.56 Å². The third-order valence-electron chi connectivity index (χ3n) is 6.48. The number of nitrogens with one attached hydrogen (secondary N) is 2. The summed E-state index contributed by atoms with van der Waals surface area (Å²) in [5.74, 6) is -5.31. The molecule has 39 heavy (non-hydrogen) atoms. The molecule has 0 spiro atoms. The van der Waals surface area contributed by atoms with Crippen LogP contribution >= 0.6 is 0 Å². The van der Waals surface area contributed by atoms with Gasteiger partial charge in [-0.25, -0.2) is 0 Å². The molecule has 1 aliphatic rings. The number of allylic oxidation sites excluding steroid dienone is 6. The first-order valence-corrected chi connectivity index (χ1v) is 13.0. The topological polar surface area (TPSA) is 130 Å². The molecule has 9 nitrogen and oxygen atoms in total. The molecule has 0 aromatic heterocycles. The number of hydrogen-bond donors (Lipinski definition) is 2. The van der Waals surface area contributed by atoms with Crippen LogP contribution in [-0.4, -0.2) is 53.2 Å². The standard InChI is InChI=1S/C30H37N3O6/c1-6-7-8-9-13-16-22(34)17-24(35)31-23(21-14-11-10-12-15-21)18-25(36)32-27(19(2)3)28(37)26-20(4)29(38)33(5)30(26)39/h6-16,19-20,23,26-27H,17-18H2,1-5H3,(H,31,35)(H,32,36)/b7-6+,9-8+,16-13+/t20-,23-,26+,27-/m0/s1. The average molecular weight is 536 g/mol.